The Kier molecular flexibility index (Phi) is 4.24. The first-order valence-electron chi connectivity index (χ1n) is 7.31. The van der Waals surface area contributed by atoms with Gasteiger partial charge in [-0.3, -0.25) is 0 Å². The van der Waals surface area contributed by atoms with E-state index in [1.807, 2.05) is 48.7 Å². The molecule has 0 amide bonds. The molecule has 3 rings (SSSR count). The first-order chi connectivity index (χ1) is 11.3. The number of hydrogen-bond donors (Lipinski definition) is 0. The average molecular weight is 309 g/mol. The van der Waals surface area contributed by atoms with Crippen molar-refractivity contribution in [1.82, 2.24) is 4.57 Å². The highest BCUT2D eigenvalue weighted by atomic mass is 16.5. The Hall–Kier alpha value is -2.88. The molecule has 0 radical (unpaired) electrons. The van der Waals surface area contributed by atoms with Crippen LogP contribution in [-0.2, 0) is 0 Å². The highest BCUT2D eigenvalue weighted by molar-refractivity contribution is 5.77. The Labute approximate surface area is 135 Å². The third kappa shape index (κ3) is 2.75. The maximum absolute atomic E-state index is 5.57. The topological polar surface area (TPSA) is 32.6 Å². The molecule has 0 saturated carbocycles. The van der Waals surface area contributed by atoms with Crippen LogP contribution in [-0.4, -0.2) is 25.9 Å². The molecule has 0 spiro atoms. The van der Waals surface area contributed by atoms with Gasteiger partial charge in [0.2, 0.25) is 0 Å². The van der Waals surface area contributed by atoms with Crippen molar-refractivity contribution in [2.75, 3.05) is 21.3 Å². The second-order valence-corrected chi connectivity index (χ2v) is 5.01. The molecule has 1 aromatic heterocycles. The van der Waals surface area contributed by atoms with Crippen molar-refractivity contribution in [3.8, 4) is 34.2 Å². The molecular weight excluding hydrogens is 290 g/mol. The molecule has 23 heavy (non-hydrogen) atoms. The first kappa shape index (κ1) is 15.0. The molecule has 0 aliphatic carbocycles. The van der Waals surface area contributed by atoms with Gasteiger partial charge in [0.25, 0.3) is 0 Å². The minimum Gasteiger partial charge on any atom is -0.496 e. The zero-order valence-electron chi connectivity index (χ0n) is 13.4. The summed E-state index contributed by atoms with van der Waals surface area (Å²) >= 11 is 0. The molecule has 0 aliphatic rings. The number of benzene rings is 2. The van der Waals surface area contributed by atoms with Gasteiger partial charge in [0.1, 0.15) is 17.2 Å². The molecule has 0 aliphatic heterocycles. The monoisotopic (exact) mass is 309 g/mol. The Bertz CT molecular complexity index is 768. The van der Waals surface area contributed by atoms with Crippen molar-refractivity contribution in [3.05, 3.63) is 60.8 Å². The summed E-state index contributed by atoms with van der Waals surface area (Å²) in [5.41, 5.74) is 2.96. The Morgan fingerprint density at radius 3 is 1.96 bits per heavy atom. The van der Waals surface area contributed by atoms with E-state index in [2.05, 4.69) is 16.7 Å². The number of ether oxygens (including phenoxy) is 3. The van der Waals surface area contributed by atoms with E-state index in [0.717, 1.165) is 16.9 Å². The fraction of sp³-hybridized carbons (Fsp3) is 0.158. The van der Waals surface area contributed by atoms with Gasteiger partial charge in [-0.1, -0.05) is 18.2 Å². The summed E-state index contributed by atoms with van der Waals surface area (Å²) in [6, 6.07) is 17.9. The van der Waals surface area contributed by atoms with E-state index in [-0.39, 0.29) is 0 Å². The molecule has 0 atom stereocenters. The molecule has 0 unspecified atom stereocenters. The van der Waals surface area contributed by atoms with E-state index in [4.69, 9.17) is 14.2 Å². The summed E-state index contributed by atoms with van der Waals surface area (Å²) in [6.07, 6.45) is 2.02. The fourth-order valence-corrected chi connectivity index (χ4v) is 2.66. The Balaban J connectivity index is 2.22. The van der Waals surface area contributed by atoms with Gasteiger partial charge < -0.3 is 18.8 Å². The van der Waals surface area contributed by atoms with Gasteiger partial charge in [-0.05, 0) is 24.3 Å². The minimum atomic E-state index is 0.695. The number of nitrogens with zero attached hydrogens (tertiary/aromatic N) is 1. The molecule has 0 bridgehead atoms. The van der Waals surface area contributed by atoms with Gasteiger partial charge in [0, 0.05) is 24.0 Å². The molecule has 4 heteroatoms. The van der Waals surface area contributed by atoms with Gasteiger partial charge >= 0.3 is 0 Å². The maximum Gasteiger partial charge on any atom is 0.135 e. The molecular formula is C19H19NO3. The maximum atomic E-state index is 5.57. The van der Waals surface area contributed by atoms with Crippen LogP contribution in [0.15, 0.2) is 60.8 Å². The van der Waals surface area contributed by atoms with Crippen LogP contribution in [0.5, 0.6) is 17.2 Å². The lowest BCUT2D eigenvalue weighted by Crippen LogP contribution is -2.00. The molecule has 0 saturated heterocycles. The molecule has 1 heterocycles. The third-order valence-corrected chi connectivity index (χ3v) is 3.75. The standard InChI is InChI=1S/C19H19NO3/c1-21-15-12-17(22-2)19(18(13-15)23-3)16-10-7-11-20(16)14-8-5-4-6-9-14/h4-13H,1-3H3. The van der Waals surface area contributed by atoms with Gasteiger partial charge in [-0.25, -0.2) is 0 Å². The van der Waals surface area contributed by atoms with Crippen molar-refractivity contribution in [2.24, 2.45) is 0 Å². The van der Waals surface area contributed by atoms with Gasteiger partial charge in [-0.15, -0.1) is 0 Å². The number of methoxy groups -OCH3 is 3. The lowest BCUT2D eigenvalue weighted by Gasteiger charge is -2.17. The first-order valence-corrected chi connectivity index (χ1v) is 7.31. The van der Waals surface area contributed by atoms with Crippen LogP contribution in [0, 0.1) is 0 Å². The summed E-state index contributed by atoms with van der Waals surface area (Å²) in [7, 11) is 4.92. The van der Waals surface area contributed by atoms with Crippen LogP contribution >= 0.6 is 0 Å². The molecule has 0 fully saturated rings. The van der Waals surface area contributed by atoms with Crippen LogP contribution < -0.4 is 14.2 Å². The number of aromatic nitrogens is 1. The van der Waals surface area contributed by atoms with Crippen LogP contribution in [0.3, 0.4) is 0 Å². The largest absolute Gasteiger partial charge is 0.496 e. The summed E-state index contributed by atoms with van der Waals surface area (Å²) in [5, 5.41) is 0. The highest BCUT2D eigenvalue weighted by Crippen LogP contribution is 2.42. The van der Waals surface area contributed by atoms with Crippen molar-refractivity contribution in [2.45, 2.75) is 0 Å². The Morgan fingerprint density at radius 1 is 0.739 bits per heavy atom. The van der Waals surface area contributed by atoms with Gasteiger partial charge in [0.15, 0.2) is 0 Å². The lowest BCUT2D eigenvalue weighted by molar-refractivity contribution is 0.377. The van der Waals surface area contributed by atoms with Crippen molar-refractivity contribution >= 4 is 0 Å². The van der Waals surface area contributed by atoms with Crippen LogP contribution in [0.1, 0.15) is 0 Å². The highest BCUT2D eigenvalue weighted by Gasteiger charge is 2.18. The molecule has 2 aromatic carbocycles. The second-order valence-electron chi connectivity index (χ2n) is 5.01. The molecule has 0 N–H and O–H groups in total. The molecule has 3 aromatic rings. The predicted molar refractivity (Wildman–Crippen MR) is 90.9 cm³/mol. The lowest BCUT2D eigenvalue weighted by atomic mass is 10.1. The summed E-state index contributed by atoms with van der Waals surface area (Å²) in [4.78, 5) is 0. The molecule has 118 valence electrons. The normalized spacial score (nSPS) is 10.4. The quantitative estimate of drug-likeness (QED) is 0.709. The van der Waals surface area contributed by atoms with E-state index >= 15 is 0 Å². The van der Waals surface area contributed by atoms with E-state index in [0.29, 0.717) is 17.2 Å². The van der Waals surface area contributed by atoms with E-state index < -0.39 is 0 Å². The smallest absolute Gasteiger partial charge is 0.135 e. The predicted octanol–water partition coefficient (Wildman–Crippen LogP) is 4.17. The average Bonchev–Trinajstić information content (AvgIpc) is 3.10. The third-order valence-electron chi connectivity index (χ3n) is 3.75. The second kappa shape index (κ2) is 6.48. The summed E-state index contributed by atoms with van der Waals surface area (Å²) < 4.78 is 18.6. The summed E-state index contributed by atoms with van der Waals surface area (Å²) in [5.74, 6) is 2.11. The number of rotatable bonds is 5. The van der Waals surface area contributed by atoms with Gasteiger partial charge in [-0.2, -0.15) is 0 Å². The minimum absolute atomic E-state index is 0.695. The zero-order chi connectivity index (χ0) is 16.2. The SMILES string of the molecule is COc1cc(OC)c(-c2cccn2-c2ccccc2)c(OC)c1. The van der Waals surface area contributed by atoms with Crippen LogP contribution in [0.25, 0.3) is 16.9 Å². The number of para-hydroxylation sites is 1. The van der Waals surface area contributed by atoms with E-state index in [1.54, 1.807) is 21.3 Å². The van der Waals surface area contributed by atoms with E-state index in [9.17, 15) is 0 Å². The van der Waals surface area contributed by atoms with Crippen LogP contribution in [0.4, 0.5) is 0 Å². The van der Waals surface area contributed by atoms with Crippen LogP contribution in [0.2, 0.25) is 0 Å². The van der Waals surface area contributed by atoms with Crippen molar-refractivity contribution < 1.29 is 14.2 Å². The van der Waals surface area contributed by atoms with Crippen molar-refractivity contribution in [1.29, 1.82) is 0 Å². The van der Waals surface area contributed by atoms with Crippen molar-refractivity contribution in [3.63, 3.8) is 0 Å². The van der Waals surface area contributed by atoms with Gasteiger partial charge in [0.05, 0.1) is 32.6 Å². The Morgan fingerprint density at radius 2 is 1.39 bits per heavy atom. The molecule has 4 nitrogen and oxygen atoms in total. The summed E-state index contributed by atoms with van der Waals surface area (Å²) in [6.45, 7) is 0. The number of hydrogen-bond acceptors (Lipinski definition) is 3. The van der Waals surface area contributed by atoms with E-state index in [1.165, 1.54) is 0 Å². The zero-order valence-corrected chi connectivity index (χ0v) is 13.4. The fourth-order valence-electron chi connectivity index (χ4n) is 2.66.